The largest absolute Gasteiger partial charge is 0.461 e. The zero-order valence-corrected chi connectivity index (χ0v) is 14.4. The predicted molar refractivity (Wildman–Crippen MR) is 94.1 cm³/mol. The Balaban J connectivity index is 1.56. The summed E-state index contributed by atoms with van der Waals surface area (Å²) < 4.78 is 5.34. The fourth-order valence-corrected chi connectivity index (χ4v) is 4.06. The molecule has 0 saturated carbocycles. The predicted octanol–water partition coefficient (Wildman–Crippen LogP) is 3.21. The van der Waals surface area contributed by atoms with E-state index in [1.54, 1.807) is 12.3 Å². The molecule has 0 radical (unpaired) electrons. The van der Waals surface area contributed by atoms with Gasteiger partial charge in [0, 0.05) is 35.8 Å². The molecule has 5 nitrogen and oxygen atoms in total. The van der Waals surface area contributed by atoms with Gasteiger partial charge in [0.2, 0.25) is 0 Å². The van der Waals surface area contributed by atoms with Crippen molar-refractivity contribution in [2.24, 2.45) is 0 Å². The first kappa shape index (κ1) is 15.4. The number of aryl methyl sites for hydroxylation is 1. The molecule has 24 heavy (non-hydrogen) atoms. The number of furan rings is 1. The Morgan fingerprint density at radius 1 is 1.33 bits per heavy atom. The maximum atomic E-state index is 12.5. The van der Waals surface area contributed by atoms with Crippen molar-refractivity contribution in [3.8, 4) is 11.6 Å². The van der Waals surface area contributed by atoms with Crippen molar-refractivity contribution in [2.75, 3.05) is 6.54 Å². The van der Waals surface area contributed by atoms with Crippen molar-refractivity contribution in [3.05, 3.63) is 61.9 Å². The summed E-state index contributed by atoms with van der Waals surface area (Å²) in [5.41, 5.74) is 1.61. The van der Waals surface area contributed by atoms with E-state index in [-0.39, 0.29) is 5.56 Å². The smallest absolute Gasteiger partial charge is 0.256 e. The Kier molecular flexibility index (Phi) is 4.08. The van der Waals surface area contributed by atoms with Gasteiger partial charge in [0.05, 0.1) is 17.5 Å². The molecule has 3 aromatic rings. The molecular formula is C18H19N3O2S. The quantitative estimate of drug-likeness (QED) is 0.791. The minimum atomic E-state index is -0.0588. The van der Waals surface area contributed by atoms with E-state index in [1.165, 1.54) is 9.75 Å². The van der Waals surface area contributed by atoms with Gasteiger partial charge in [0.15, 0.2) is 11.6 Å². The third kappa shape index (κ3) is 2.95. The van der Waals surface area contributed by atoms with E-state index < -0.39 is 0 Å². The van der Waals surface area contributed by atoms with Crippen LogP contribution in [0.25, 0.3) is 11.6 Å². The van der Waals surface area contributed by atoms with Gasteiger partial charge in [0.25, 0.3) is 5.56 Å². The number of nitrogens with one attached hydrogen (secondary N) is 1. The van der Waals surface area contributed by atoms with Crippen molar-refractivity contribution in [1.82, 2.24) is 14.9 Å². The maximum Gasteiger partial charge on any atom is 0.256 e. The van der Waals surface area contributed by atoms with Gasteiger partial charge < -0.3 is 9.40 Å². The third-order valence-corrected chi connectivity index (χ3v) is 5.56. The molecule has 1 aliphatic heterocycles. The molecule has 1 N–H and O–H groups in total. The van der Waals surface area contributed by atoms with Gasteiger partial charge in [-0.25, -0.2) is 4.98 Å². The molecule has 3 aromatic heterocycles. The van der Waals surface area contributed by atoms with E-state index in [0.29, 0.717) is 18.1 Å². The molecule has 0 aliphatic carbocycles. The topological polar surface area (TPSA) is 62.1 Å². The highest BCUT2D eigenvalue weighted by Crippen LogP contribution is 2.23. The van der Waals surface area contributed by atoms with E-state index in [9.17, 15) is 4.79 Å². The van der Waals surface area contributed by atoms with Crippen LogP contribution in [0.3, 0.4) is 0 Å². The summed E-state index contributed by atoms with van der Waals surface area (Å²) >= 11 is 1.86. The molecule has 0 atom stereocenters. The number of fused-ring (bicyclic) bond motifs is 1. The standard InChI is InChI=1S/C18H19N3O2S/c1-2-12-5-6-13(24-12)10-21-8-7-15-14(11-21)18(22)20-17(19-15)16-4-3-9-23-16/h3-6,9H,2,7-8,10-11H2,1H3,(H,19,20,22). The van der Waals surface area contributed by atoms with Crippen LogP contribution >= 0.6 is 11.3 Å². The second-order valence-corrected chi connectivity index (χ2v) is 7.25. The first-order valence-corrected chi connectivity index (χ1v) is 9.00. The first-order valence-electron chi connectivity index (χ1n) is 8.19. The molecule has 6 heteroatoms. The van der Waals surface area contributed by atoms with Crippen LogP contribution in [-0.4, -0.2) is 21.4 Å². The molecule has 0 fully saturated rings. The van der Waals surface area contributed by atoms with Crippen molar-refractivity contribution >= 4 is 11.3 Å². The van der Waals surface area contributed by atoms with Gasteiger partial charge >= 0.3 is 0 Å². The summed E-state index contributed by atoms with van der Waals surface area (Å²) in [6.07, 6.45) is 3.45. The molecule has 0 unspecified atom stereocenters. The zero-order chi connectivity index (χ0) is 16.5. The average Bonchev–Trinajstić information content (AvgIpc) is 3.26. The van der Waals surface area contributed by atoms with Gasteiger partial charge in [-0.3, -0.25) is 9.69 Å². The lowest BCUT2D eigenvalue weighted by atomic mass is 10.1. The average molecular weight is 341 g/mol. The Morgan fingerprint density at radius 3 is 2.96 bits per heavy atom. The number of aromatic nitrogens is 2. The van der Waals surface area contributed by atoms with Crippen molar-refractivity contribution in [3.63, 3.8) is 0 Å². The highest BCUT2D eigenvalue weighted by atomic mass is 32.1. The second-order valence-electron chi connectivity index (χ2n) is 6.00. The Morgan fingerprint density at radius 2 is 2.21 bits per heavy atom. The third-order valence-electron chi connectivity index (χ3n) is 4.35. The van der Waals surface area contributed by atoms with Gasteiger partial charge in [0.1, 0.15) is 0 Å². The van der Waals surface area contributed by atoms with Gasteiger partial charge in [-0.2, -0.15) is 0 Å². The fourth-order valence-electron chi connectivity index (χ4n) is 3.06. The lowest BCUT2D eigenvalue weighted by Crippen LogP contribution is -2.35. The number of aromatic amines is 1. The number of rotatable bonds is 4. The van der Waals surface area contributed by atoms with Crippen LogP contribution < -0.4 is 5.56 Å². The number of hydrogen-bond acceptors (Lipinski definition) is 5. The van der Waals surface area contributed by atoms with Crippen LogP contribution in [0.5, 0.6) is 0 Å². The summed E-state index contributed by atoms with van der Waals surface area (Å²) in [5, 5.41) is 0. The van der Waals surface area contributed by atoms with Crippen molar-refractivity contribution in [2.45, 2.75) is 32.9 Å². The van der Waals surface area contributed by atoms with E-state index in [4.69, 9.17) is 4.42 Å². The van der Waals surface area contributed by atoms with E-state index >= 15 is 0 Å². The van der Waals surface area contributed by atoms with Gasteiger partial charge in [-0.15, -0.1) is 11.3 Å². The summed E-state index contributed by atoms with van der Waals surface area (Å²) in [6, 6.07) is 7.99. The summed E-state index contributed by atoms with van der Waals surface area (Å²) in [7, 11) is 0. The molecule has 0 bridgehead atoms. The van der Waals surface area contributed by atoms with Crippen LogP contribution in [0, 0.1) is 0 Å². The lowest BCUT2D eigenvalue weighted by Gasteiger charge is -2.27. The van der Waals surface area contributed by atoms with Gasteiger partial charge in [-0.1, -0.05) is 6.92 Å². The summed E-state index contributed by atoms with van der Waals surface area (Å²) in [5.74, 6) is 1.12. The number of nitrogens with zero attached hydrogens (tertiary/aromatic N) is 2. The summed E-state index contributed by atoms with van der Waals surface area (Å²) in [6.45, 7) is 4.63. The SMILES string of the molecule is CCc1ccc(CN2CCc3nc(-c4ccco4)[nH]c(=O)c3C2)s1. The molecule has 4 heterocycles. The van der Waals surface area contributed by atoms with E-state index in [0.717, 1.165) is 37.2 Å². The molecule has 0 spiro atoms. The van der Waals surface area contributed by atoms with Crippen LogP contribution in [0.2, 0.25) is 0 Å². The number of thiophene rings is 1. The van der Waals surface area contributed by atoms with Crippen molar-refractivity contribution < 1.29 is 4.42 Å². The van der Waals surface area contributed by atoms with E-state index in [1.807, 2.05) is 17.4 Å². The lowest BCUT2D eigenvalue weighted by molar-refractivity contribution is 0.244. The van der Waals surface area contributed by atoms with Crippen molar-refractivity contribution in [1.29, 1.82) is 0 Å². The Labute approximate surface area is 144 Å². The molecule has 0 amide bonds. The number of H-pyrrole nitrogens is 1. The fraction of sp³-hybridized carbons (Fsp3) is 0.333. The van der Waals surface area contributed by atoms with Crippen LogP contribution in [-0.2, 0) is 25.9 Å². The first-order chi connectivity index (χ1) is 11.7. The second kappa shape index (κ2) is 6.37. The van der Waals surface area contributed by atoms with E-state index in [2.05, 4.69) is 33.9 Å². The Bertz CT molecular complexity index is 895. The summed E-state index contributed by atoms with van der Waals surface area (Å²) in [4.78, 5) is 25.0. The van der Waals surface area contributed by atoms with Crippen LogP contribution in [0.1, 0.15) is 27.9 Å². The molecule has 0 saturated heterocycles. The highest BCUT2D eigenvalue weighted by Gasteiger charge is 2.22. The normalized spacial score (nSPS) is 14.7. The number of hydrogen-bond donors (Lipinski definition) is 1. The maximum absolute atomic E-state index is 12.5. The van der Waals surface area contributed by atoms with Gasteiger partial charge in [-0.05, 0) is 30.7 Å². The molecule has 0 aromatic carbocycles. The Hall–Kier alpha value is -2.18. The molecule has 1 aliphatic rings. The highest BCUT2D eigenvalue weighted by molar-refractivity contribution is 7.11. The molecular weight excluding hydrogens is 322 g/mol. The zero-order valence-electron chi connectivity index (χ0n) is 13.5. The molecule has 4 rings (SSSR count). The van der Waals surface area contributed by atoms with Crippen LogP contribution in [0.4, 0.5) is 0 Å². The monoisotopic (exact) mass is 341 g/mol. The van der Waals surface area contributed by atoms with Crippen LogP contribution in [0.15, 0.2) is 39.7 Å². The minimum Gasteiger partial charge on any atom is -0.461 e. The molecule has 124 valence electrons. The minimum absolute atomic E-state index is 0.0588.